The number of unbranched alkanes of at least 4 members (excludes halogenated alkanes) is 2. The third-order valence-electron chi connectivity index (χ3n) is 5.88. The SMILES string of the molecule is CCCCCc1ccc([C@H]2CC[C@@](CCC=C(F)C#N)(OC)CC2)cc1. The van der Waals surface area contributed by atoms with E-state index in [2.05, 4.69) is 31.2 Å². The highest BCUT2D eigenvalue weighted by Crippen LogP contribution is 2.42. The molecule has 1 fully saturated rings. The molecule has 26 heavy (non-hydrogen) atoms. The molecular weight excluding hydrogens is 325 g/mol. The second kappa shape index (κ2) is 10.5. The van der Waals surface area contributed by atoms with Crippen molar-refractivity contribution in [2.45, 2.75) is 82.7 Å². The van der Waals surface area contributed by atoms with Crippen molar-refractivity contribution in [2.24, 2.45) is 0 Å². The predicted octanol–water partition coefficient (Wildman–Crippen LogP) is 6.62. The van der Waals surface area contributed by atoms with Crippen LogP contribution in [0.3, 0.4) is 0 Å². The number of allylic oxidation sites excluding steroid dienone is 2. The van der Waals surface area contributed by atoms with Crippen molar-refractivity contribution < 1.29 is 9.13 Å². The van der Waals surface area contributed by atoms with Gasteiger partial charge in [0.1, 0.15) is 6.07 Å². The van der Waals surface area contributed by atoms with Crippen molar-refractivity contribution in [1.29, 1.82) is 5.26 Å². The van der Waals surface area contributed by atoms with Gasteiger partial charge in [0.05, 0.1) is 5.60 Å². The van der Waals surface area contributed by atoms with Gasteiger partial charge in [-0.15, -0.1) is 0 Å². The summed E-state index contributed by atoms with van der Waals surface area (Å²) in [5.41, 5.74) is 2.71. The maximum absolute atomic E-state index is 13.0. The molecule has 0 unspecified atom stereocenters. The lowest BCUT2D eigenvalue weighted by molar-refractivity contribution is -0.0483. The molecule has 0 radical (unpaired) electrons. The van der Waals surface area contributed by atoms with E-state index in [9.17, 15) is 4.39 Å². The topological polar surface area (TPSA) is 33.0 Å². The van der Waals surface area contributed by atoms with Gasteiger partial charge < -0.3 is 4.74 Å². The van der Waals surface area contributed by atoms with Crippen molar-refractivity contribution in [3.05, 3.63) is 47.3 Å². The molecule has 1 aliphatic rings. The van der Waals surface area contributed by atoms with Crippen LogP contribution in [0.4, 0.5) is 4.39 Å². The van der Waals surface area contributed by atoms with Crippen LogP contribution in [0, 0.1) is 11.3 Å². The number of rotatable bonds is 9. The predicted molar refractivity (Wildman–Crippen MR) is 105 cm³/mol. The third kappa shape index (κ3) is 5.95. The first-order valence-electron chi connectivity index (χ1n) is 10.0. The van der Waals surface area contributed by atoms with E-state index in [1.165, 1.54) is 49.0 Å². The minimum atomic E-state index is -0.691. The van der Waals surface area contributed by atoms with E-state index < -0.39 is 5.83 Å². The van der Waals surface area contributed by atoms with E-state index in [0.29, 0.717) is 12.3 Å². The van der Waals surface area contributed by atoms with Crippen LogP contribution >= 0.6 is 0 Å². The van der Waals surface area contributed by atoms with E-state index in [1.54, 1.807) is 7.11 Å². The molecule has 1 aromatic rings. The maximum atomic E-state index is 13.0. The van der Waals surface area contributed by atoms with Crippen molar-refractivity contribution >= 4 is 0 Å². The standard InChI is InChI=1S/C23H32FNO/c1-3-4-5-7-19-9-11-20(12-10-19)21-13-16-23(26-2,17-14-21)15-6-8-22(24)18-25/h8-12,21H,3-7,13-17H2,1-2H3/t21-,23+. The zero-order valence-corrected chi connectivity index (χ0v) is 16.3. The van der Waals surface area contributed by atoms with Gasteiger partial charge in [-0.25, -0.2) is 0 Å². The minimum absolute atomic E-state index is 0.164. The number of methoxy groups -OCH3 is 1. The Morgan fingerprint density at radius 2 is 1.96 bits per heavy atom. The summed E-state index contributed by atoms with van der Waals surface area (Å²) >= 11 is 0. The Labute approximate surface area is 158 Å². The number of halogens is 1. The first-order valence-corrected chi connectivity index (χ1v) is 10.0. The normalized spacial score (nSPS) is 23.6. The molecule has 3 heteroatoms. The molecule has 0 N–H and O–H groups in total. The minimum Gasteiger partial charge on any atom is -0.378 e. The maximum Gasteiger partial charge on any atom is 0.196 e. The Morgan fingerprint density at radius 1 is 1.27 bits per heavy atom. The lowest BCUT2D eigenvalue weighted by Crippen LogP contribution is -2.35. The molecule has 0 saturated heterocycles. The first-order chi connectivity index (χ1) is 12.6. The Morgan fingerprint density at radius 3 is 2.54 bits per heavy atom. The zero-order chi connectivity index (χ0) is 18.8. The molecule has 0 aromatic heterocycles. The van der Waals surface area contributed by atoms with Crippen LogP contribution in [-0.2, 0) is 11.2 Å². The number of hydrogen-bond acceptors (Lipinski definition) is 2. The lowest BCUT2D eigenvalue weighted by atomic mass is 9.74. The second-order valence-corrected chi connectivity index (χ2v) is 7.56. The van der Waals surface area contributed by atoms with Gasteiger partial charge in [0, 0.05) is 7.11 Å². The number of hydrogen-bond donors (Lipinski definition) is 0. The largest absolute Gasteiger partial charge is 0.378 e. The summed E-state index contributed by atoms with van der Waals surface area (Å²) in [5.74, 6) is -0.0988. The monoisotopic (exact) mass is 357 g/mol. The van der Waals surface area contributed by atoms with Crippen LogP contribution in [0.25, 0.3) is 0 Å². The summed E-state index contributed by atoms with van der Waals surface area (Å²) < 4.78 is 18.8. The number of nitriles is 1. The molecule has 2 nitrogen and oxygen atoms in total. The van der Waals surface area contributed by atoms with Crippen LogP contribution in [-0.4, -0.2) is 12.7 Å². The summed E-state index contributed by atoms with van der Waals surface area (Å²) in [5, 5.41) is 8.51. The molecule has 142 valence electrons. The van der Waals surface area contributed by atoms with E-state index in [0.717, 1.165) is 32.1 Å². The number of aryl methyl sites for hydroxylation is 1. The van der Waals surface area contributed by atoms with E-state index in [1.807, 2.05) is 0 Å². The molecule has 2 rings (SSSR count). The van der Waals surface area contributed by atoms with Crippen LogP contribution in [0.5, 0.6) is 0 Å². The molecular formula is C23H32FNO. The Kier molecular flexibility index (Phi) is 8.32. The molecule has 0 spiro atoms. The average molecular weight is 358 g/mol. The van der Waals surface area contributed by atoms with E-state index in [-0.39, 0.29) is 5.60 Å². The fourth-order valence-electron chi connectivity index (χ4n) is 4.08. The highest BCUT2D eigenvalue weighted by atomic mass is 19.1. The number of nitrogens with zero attached hydrogens (tertiary/aromatic N) is 1. The van der Waals surface area contributed by atoms with E-state index >= 15 is 0 Å². The molecule has 0 bridgehead atoms. The van der Waals surface area contributed by atoms with Crippen LogP contribution < -0.4 is 0 Å². The molecule has 1 aliphatic carbocycles. The summed E-state index contributed by atoms with van der Waals surface area (Å²) in [7, 11) is 1.76. The van der Waals surface area contributed by atoms with Gasteiger partial charge in [-0.3, -0.25) is 0 Å². The molecule has 1 aromatic carbocycles. The zero-order valence-electron chi connectivity index (χ0n) is 16.3. The molecule has 0 atom stereocenters. The summed E-state index contributed by atoms with van der Waals surface area (Å²) in [6, 6.07) is 10.7. The van der Waals surface area contributed by atoms with Crippen molar-refractivity contribution in [2.75, 3.05) is 7.11 Å². The summed E-state index contributed by atoms with van der Waals surface area (Å²) in [4.78, 5) is 0. The molecule has 0 amide bonds. The average Bonchev–Trinajstić information content (AvgIpc) is 2.69. The van der Waals surface area contributed by atoms with Crippen LogP contribution in [0.2, 0.25) is 0 Å². The van der Waals surface area contributed by atoms with Gasteiger partial charge in [-0.05, 0) is 74.5 Å². The van der Waals surface area contributed by atoms with Gasteiger partial charge >= 0.3 is 0 Å². The Balaban J connectivity index is 1.87. The summed E-state index contributed by atoms with van der Waals surface area (Å²) in [6.45, 7) is 2.24. The fraction of sp³-hybridized carbons (Fsp3) is 0.609. The highest BCUT2D eigenvalue weighted by Gasteiger charge is 2.35. The second-order valence-electron chi connectivity index (χ2n) is 7.56. The number of ether oxygens (including phenoxy) is 1. The quantitative estimate of drug-likeness (QED) is 0.367. The van der Waals surface area contributed by atoms with Gasteiger partial charge in [0.15, 0.2) is 5.83 Å². The first kappa shape index (κ1) is 20.6. The van der Waals surface area contributed by atoms with Gasteiger partial charge in [-0.1, -0.05) is 44.0 Å². The van der Waals surface area contributed by atoms with Crippen molar-refractivity contribution in [3.63, 3.8) is 0 Å². The molecule has 0 heterocycles. The smallest absolute Gasteiger partial charge is 0.196 e. The van der Waals surface area contributed by atoms with Crippen LogP contribution in [0.15, 0.2) is 36.2 Å². The fourth-order valence-corrected chi connectivity index (χ4v) is 4.08. The Hall–Kier alpha value is -1.66. The van der Waals surface area contributed by atoms with E-state index in [4.69, 9.17) is 10.00 Å². The van der Waals surface area contributed by atoms with Crippen LogP contribution in [0.1, 0.15) is 81.8 Å². The highest BCUT2D eigenvalue weighted by molar-refractivity contribution is 5.26. The van der Waals surface area contributed by atoms with Gasteiger partial charge in [0.25, 0.3) is 0 Å². The lowest BCUT2D eigenvalue weighted by Gasteiger charge is -2.39. The van der Waals surface area contributed by atoms with Gasteiger partial charge in [-0.2, -0.15) is 9.65 Å². The van der Waals surface area contributed by atoms with Crippen molar-refractivity contribution in [3.8, 4) is 6.07 Å². The Bertz CT molecular complexity index is 606. The molecule has 1 saturated carbocycles. The molecule has 0 aliphatic heterocycles. The number of benzene rings is 1. The third-order valence-corrected chi connectivity index (χ3v) is 5.88. The summed E-state index contributed by atoms with van der Waals surface area (Å²) in [6.07, 6.45) is 11.9. The van der Waals surface area contributed by atoms with Crippen molar-refractivity contribution in [1.82, 2.24) is 0 Å². The van der Waals surface area contributed by atoms with Gasteiger partial charge in [0.2, 0.25) is 0 Å².